The van der Waals surface area contributed by atoms with Crippen LogP contribution in [0.1, 0.15) is 49.3 Å². The fourth-order valence-electron chi connectivity index (χ4n) is 2.10. The van der Waals surface area contributed by atoms with Crippen molar-refractivity contribution in [1.82, 2.24) is 4.98 Å². The van der Waals surface area contributed by atoms with E-state index in [-0.39, 0.29) is 5.41 Å². The van der Waals surface area contributed by atoms with Crippen molar-refractivity contribution in [2.75, 3.05) is 0 Å². The van der Waals surface area contributed by atoms with Gasteiger partial charge in [-0.05, 0) is 41.2 Å². The van der Waals surface area contributed by atoms with E-state index in [0.717, 1.165) is 16.8 Å². The SMILES string of the molecule is Cc1cc(C(O)c2ccc(C(C)(C)C)cc2)ccn1. The number of aryl methyl sites for hydroxylation is 1. The molecule has 0 bridgehead atoms. The molecule has 1 aromatic heterocycles. The van der Waals surface area contributed by atoms with Crippen LogP contribution in [0.4, 0.5) is 0 Å². The Morgan fingerprint density at radius 2 is 1.63 bits per heavy atom. The highest BCUT2D eigenvalue weighted by Crippen LogP contribution is 2.26. The largest absolute Gasteiger partial charge is 0.384 e. The van der Waals surface area contributed by atoms with Gasteiger partial charge in [-0.1, -0.05) is 45.0 Å². The van der Waals surface area contributed by atoms with Crippen LogP contribution < -0.4 is 0 Å². The van der Waals surface area contributed by atoms with E-state index in [4.69, 9.17) is 0 Å². The van der Waals surface area contributed by atoms with Gasteiger partial charge >= 0.3 is 0 Å². The third kappa shape index (κ3) is 3.21. The normalized spacial score (nSPS) is 13.3. The van der Waals surface area contributed by atoms with E-state index in [2.05, 4.69) is 37.9 Å². The van der Waals surface area contributed by atoms with Crippen LogP contribution in [-0.4, -0.2) is 10.1 Å². The Morgan fingerprint density at radius 3 is 2.16 bits per heavy atom. The van der Waals surface area contributed by atoms with E-state index in [1.165, 1.54) is 5.56 Å². The first-order chi connectivity index (χ1) is 8.88. The van der Waals surface area contributed by atoms with Crippen LogP contribution in [0.2, 0.25) is 0 Å². The van der Waals surface area contributed by atoms with Crippen molar-refractivity contribution < 1.29 is 5.11 Å². The van der Waals surface area contributed by atoms with Gasteiger partial charge in [-0.2, -0.15) is 0 Å². The van der Waals surface area contributed by atoms with Crippen molar-refractivity contribution in [2.24, 2.45) is 0 Å². The Balaban J connectivity index is 2.27. The summed E-state index contributed by atoms with van der Waals surface area (Å²) < 4.78 is 0. The number of pyridine rings is 1. The molecule has 0 radical (unpaired) electrons. The zero-order chi connectivity index (χ0) is 14.0. The van der Waals surface area contributed by atoms with Crippen molar-refractivity contribution in [2.45, 2.75) is 39.2 Å². The van der Waals surface area contributed by atoms with Crippen molar-refractivity contribution >= 4 is 0 Å². The van der Waals surface area contributed by atoms with Gasteiger partial charge in [0.05, 0.1) is 0 Å². The number of aliphatic hydroxyl groups is 1. The average molecular weight is 255 g/mol. The first-order valence-corrected chi connectivity index (χ1v) is 6.59. The molecule has 2 rings (SSSR count). The smallest absolute Gasteiger partial charge is 0.104 e. The van der Waals surface area contributed by atoms with Crippen molar-refractivity contribution in [3.8, 4) is 0 Å². The Kier molecular flexibility index (Phi) is 3.72. The summed E-state index contributed by atoms with van der Waals surface area (Å²) in [6.45, 7) is 8.49. The lowest BCUT2D eigenvalue weighted by molar-refractivity contribution is 0.220. The Hall–Kier alpha value is -1.67. The van der Waals surface area contributed by atoms with Gasteiger partial charge in [0, 0.05) is 11.9 Å². The van der Waals surface area contributed by atoms with Crippen LogP contribution in [-0.2, 0) is 5.41 Å². The predicted octanol–water partition coefficient (Wildman–Crippen LogP) is 3.77. The first-order valence-electron chi connectivity index (χ1n) is 6.59. The van der Waals surface area contributed by atoms with Gasteiger partial charge in [-0.3, -0.25) is 4.98 Å². The Labute approximate surface area is 115 Å². The van der Waals surface area contributed by atoms with Gasteiger partial charge in [0.15, 0.2) is 0 Å². The number of hydrogen-bond acceptors (Lipinski definition) is 2. The molecule has 1 aromatic carbocycles. The van der Waals surface area contributed by atoms with Crippen molar-refractivity contribution in [3.05, 3.63) is 65.0 Å². The second kappa shape index (κ2) is 5.14. The van der Waals surface area contributed by atoms with Crippen molar-refractivity contribution in [3.63, 3.8) is 0 Å². The van der Waals surface area contributed by atoms with E-state index in [1.54, 1.807) is 6.20 Å². The molecule has 1 unspecified atom stereocenters. The number of nitrogens with zero attached hydrogens (tertiary/aromatic N) is 1. The van der Waals surface area contributed by atoms with E-state index >= 15 is 0 Å². The summed E-state index contributed by atoms with van der Waals surface area (Å²) in [4.78, 5) is 4.15. The van der Waals surface area contributed by atoms with Crippen molar-refractivity contribution in [1.29, 1.82) is 0 Å². The highest BCUT2D eigenvalue weighted by atomic mass is 16.3. The molecule has 1 atom stereocenters. The lowest BCUT2D eigenvalue weighted by Crippen LogP contribution is -2.11. The van der Waals surface area contributed by atoms with Crippen LogP contribution in [0.5, 0.6) is 0 Å². The van der Waals surface area contributed by atoms with E-state index in [1.807, 2.05) is 31.2 Å². The van der Waals surface area contributed by atoms with Crippen LogP contribution in [0, 0.1) is 6.92 Å². The molecular formula is C17H21NO. The molecule has 0 aliphatic heterocycles. The van der Waals surface area contributed by atoms with Gasteiger partial charge in [0.1, 0.15) is 6.10 Å². The molecule has 19 heavy (non-hydrogen) atoms. The molecule has 0 spiro atoms. The lowest BCUT2D eigenvalue weighted by Gasteiger charge is -2.20. The molecular weight excluding hydrogens is 234 g/mol. The second-order valence-corrected chi connectivity index (χ2v) is 6.01. The quantitative estimate of drug-likeness (QED) is 0.886. The summed E-state index contributed by atoms with van der Waals surface area (Å²) in [5.74, 6) is 0. The lowest BCUT2D eigenvalue weighted by atomic mass is 9.86. The fourth-order valence-corrected chi connectivity index (χ4v) is 2.10. The average Bonchev–Trinajstić information content (AvgIpc) is 2.37. The molecule has 100 valence electrons. The monoisotopic (exact) mass is 255 g/mol. The predicted molar refractivity (Wildman–Crippen MR) is 78.2 cm³/mol. The van der Waals surface area contributed by atoms with Gasteiger partial charge in [-0.25, -0.2) is 0 Å². The van der Waals surface area contributed by atoms with Gasteiger partial charge in [-0.15, -0.1) is 0 Å². The summed E-state index contributed by atoms with van der Waals surface area (Å²) in [6, 6.07) is 12.0. The number of aromatic nitrogens is 1. The number of benzene rings is 1. The zero-order valence-corrected chi connectivity index (χ0v) is 12.0. The van der Waals surface area contributed by atoms with E-state index < -0.39 is 6.10 Å². The number of rotatable bonds is 2. The fraction of sp³-hybridized carbons (Fsp3) is 0.353. The summed E-state index contributed by atoms with van der Waals surface area (Å²) in [5.41, 5.74) is 4.13. The Bertz CT molecular complexity index is 552. The van der Waals surface area contributed by atoms with Crippen LogP contribution in [0.25, 0.3) is 0 Å². The molecule has 0 fully saturated rings. The second-order valence-electron chi connectivity index (χ2n) is 6.01. The molecule has 2 aromatic rings. The number of hydrogen-bond donors (Lipinski definition) is 1. The molecule has 0 amide bonds. The zero-order valence-electron chi connectivity index (χ0n) is 12.0. The highest BCUT2D eigenvalue weighted by molar-refractivity contribution is 5.33. The topological polar surface area (TPSA) is 33.1 Å². The van der Waals surface area contributed by atoms with Gasteiger partial charge in [0.25, 0.3) is 0 Å². The summed E-state index contributed by atoms with van der Waals surface area (Å²) in [6.07, 6.45) is 1.15. The Morgan fingerprint density at radius 1 is 1.00 bits per heavy atom. The van der Waals surface area contributed by atoms with Gasteiger partial charge < -0.3 is 5.11 Å². The van der Waals surface area contributed by atoms with E-state index in [9.17, 15) is 5.11 Å². The summed E-state index contributed by atoms with van der Waals surface area (Å²) >= 11 is 0. The molecule has 0 saturated carbocycles. The molecule has 2 heteroatoms. The van der Waals surface area contributed by atoms with Crippen LogP contribution in [0.15, 0.2) is 42.6 Å². The first kappa shape index (κ1) is 13.8. The third-order valence-corrected chi connectivity index (χ3v) is 3.33. The highest BCUT2D eigenvalue weighted by Gasteiger charge is 2.15. The molecule has 0 saturated heterocycles. The minimum absolute atomic E-state index is 0.136. The minimum atomic E-state index is -0.587. The molecule has 2 nitrogen and oxygen atoms in total. The maximum atomic E-state index is 10.4. The number of aliphatic hydroxyl groups excluding tert-OH is 1. The van der Waals surface area contributed by atoms with Gasteiger partial charge in [0.2, 0.25) is 0 Å². The summed E-state index contributed by atoms with van der Waals surface area (Å²) in [7, 11) is 0. The molecule has 0 aliphatic carbocycles. The summed E-state index contributed by atoms with van der Waals surface area (Å²) in [5, 5.41) is 10.4. The van der Waals surface area contributed by atoms with E-state index in [0.29, 0.717) is 0 Å². The van der Waals surface area contributed by atoms with Crippen LogP contribution >= 0.6 is 0 Å². The third-order valence-electron chi connectivity index (χ3n) is 3.33. The molecule has 1 N–H and O–H groups in total. The van der Waals surface area contributed by atoms with Crippen LogP contribution in [0.3, 0.4) is 0 Å². The standard InChI is InChI=1S/C17H21NO/c1-12-11-14(9-10-18-12)16(19)13-5-7-15(8-6-13)17(2,3)4/h5-11,16,19H,1-4H3. The maximum Gasteiger partial charge on any atom is 0.104 e. The molecule has 1 heterocycles. The maximum absolute atomic E-state index is 10.4. The molecule has 0 aliphatic rings. The minimum Gasteiger partial charge on any atom is -0.384 e.